The van der Waals surface area contributed by atoms with E-state index in [2.05, 4.69) is 5.32 Å². The predicted molar refractivity (Wildman–Crippen MR) is 125 cm³/mol. The fourth-order valence-electron chi connectivity index (χ4n) is 3.58. The number of thiophene rings is 2. The van der Waals surface area contributed by atoms with Crippen molar-refractivity contribution in [3.63, 3.8) is 0 Å². The van der Waals surface area contributed by atoms with E-state index in [1.54, 1.807) is 6.07 Å². The van der Waals surface area contributed by atoms with Crippen LogP contribution in [0.2, 0.25) is 5.02 Å². The van der Waals surface area contributed by atoms with Crippen molar-refractivity contribution in [1.82, 2.24) is 0 Å². The third-order valence-corrected chi connectivity index (χ3v) is 7.81. The van der Waals surface area contributed by atoms with Crippen molar-refractivity contribution >= 4 is 51.2 Å². The molecule has 3 aromatic rings. The number of hydrogen-bond acceptors (Lipinski definition) is 6. The van der Waals surface area contributed by atoms with Gasteiger partial charge in [-0.1, -0.05) is 11.6 Å². The van der Waals surface area contributed by atoms with Gasteiger partial charge >= 0.3 is 5.97 Å². The van der Waals surface area contributed by atoms with Gasteiger partial charge in [0.2, 0.25) is 0 Å². The number of hydrogen-bond donors (Lipinski definition) is 1. The minimum Gasteiger partial charge on any atom is -0.489 e. The van der Waals surface area contributed by atoms with Crippen LogP contribution in [0.15, 0.2) is 29.6 Å². The summed E-state index contributed by atoms with van der Waals surface area (Å²) in [4.78, 5) is 27.0. The average molecular weight is 476 g/mol. The highest BCUT2D eigenvalue weighted by Gasteiger charge is 2.27. The zero-order chi connectivity index (χ0) is 22.0. The summed E-state index contributed by atoms with van der Waals surface area (Å²) in [5.41, 5.74) is 3.39. The molecule has 2 heterocycles. The highest BCUT2D eigenvalue weighted by molar-refractivity contribution is 7.17. The van der Waals surface area contributed by atoms with Crippen LogP contribution < -0.4 is 10.1 Å². The Hall–Kier alpha value is -2.35. The molecule has 1 aromatic carbocycles. The fraction of sp³-hybridized carbons (Fsp3) is 0.304. The van der Waals surface area contributed by atoms with Crippen molar-refractivity contribution in [3.05, 3.63) is 66.7 Å². The van der Waals surface area contributed by atoms with Crippen LogP contribution in [0.4, 0.5) is 5.00 Å². The first kappa shape index (κ1) is 21.9. The van der Waals surface area contributed by atoms with Gasteiger partial charge in [-0.25, -0.2) is 4.79 Å². The fourth-order valence-corrected chi connectivity index (χ4v) is 5.76. The third-order valence-electron chi connectivity index (χ3n) is 5.20. The molecule has 0 saturated heterocycles. The lowest BCUT2D eigenvalue weighted by atomic mass is 9.95. The van der Waals surface area contributed by atoms with Gasteiger partial charge < -0.3 is 14.8 Å². The standard InChI is InChI=1S/C23H22ClNO4S2/c1-13-9-15(7-8-17(13)24)29-11-14-10-19(30-12-14)21(26)25-22-20(23(27)28-2)16-5-3-4-6-18(16)31-22/h7-10,12H,3-6,11H2,1-2H3,(H,25,26). The molecule has 1 amide bonds. The Morgan fingerprint density at radius 3 is 2.77 bits per heavy atom. The number of anilines is 1. The van der Waals surface area contributed by atoms with Gasteiger partial charge in [-0.3, -0.25) is 4.79 Å². The maximum Gasteiger partial charge on any atom is 0.341 e. The molecule has 0 fully saturated rings. The van der Waals surface area contributed by atoms with Crippen molar-refractivity contribution in [3.8, 4) is 5.75 Å². The molecule has 0 spiro atoms. The Balaban J connectivity index is 1.46. The van der Waals surface area contributed by atoms with Crippen LogP contribution in [-0.2, 0) is 24.2 Å². The topological polar surface area (TPSA) is 64.6 Å². The summed E-state index contributed by atoms with van der Waals surface area (Å²) in [7, 11) is 1.37. The van der Waals surface area contributed by atoms with Crippen LogP contribution in [0.25, 0.3) is 0 Å². The van der Waals surface area contributed by atoms with Gasteiger partial charge in [0.05, 0.1) is 17.6 Å². The quantitative estimate of drug-likeness (QED) is 0.427. The highest BCUT2D eigenvalue weighted by atomic mass is 35.5. The van der Waals surface area contributed by atoms with Crippen molar-refractivity contribution in [2.75, 3.05) is 12.4 Å². The molecular formula is C23H22ClNO4S2. The molecule has 0 unspecified atom stereocenters. The second kappa shape index (κ2) is 9.42. The van der Waals surface area contributed by atoms with Gasteiger partial charge in [-0.15, -0.1) is 22.7 Å². The predicted octanol–water partition coefficient (Wildman–Crippen LogP) is 6.27. The van der Waals surface area contributed by atoms with Crippen LogP contribution in [0, 0.1) is 6.92 Å². The number of carbonyl (C=O) groups is 2. The number of rotatable bonds is 6. The summed E-state index contributed by atoms with van der Waals surface area (Å²) in [6, 6.07) is 7.32. The number of methoxy groups -OCH3 is 1. The van der Waals surface area contributed by atoms with Gasteiger partial charge in [0.15, 0.2) is 0 Å². The Labute approximate surface area is 194 Å². The van der Waals surface area contributed by atoms with Crippen molar-refractivity contribution < 1.29 is 19.1 Å². The van der Waals surface area contributed by atoms with Gasteiger partial charge in [-0.2, -0.15) is 0 Å². The van der Waals surface area contributed by atoms with E-state index in [0.717, 1.165) is 48.1 Å². The molecule has 1 aliphatic carbocycles. The first-order valence-corrected chi connectivity index (χ1v) is 12.0. The summed E-state index contributed by atoms with van der Waals surface area (Å²) in [6.07, 6.45) is 3.92. The molecule has 31 heavy (non-hydrogen) atoms. The lowest BCUT2D eigenvalue weighted by Crippen LogP contribution is -2.14. The molecule has 0 saturated carbocycles. The molecule has 0 radical (unpaired) electrons. The number of carbonyl (C=O) groups excluding carboxylic acids is 2. The Morgan fingerprint density at radius 2 is 2.00 bits per heavy atom. The molecule has 0 aliphatic heterocycles. The summed E-state index contributed by atoms with van der Waals surface area (Å²) in [6.45, 7) is 2.28. The van der Waals surface area contributed by atoms with E-state index in [4.69, 9.17) is 21.1 Å². The van der Waals surface area contributed by atoms with Crippen LogP contribution in [-0.4, -0.2) is 19.0 Å². The molecule has 2 aromatic heterocycles. The number of fused-ring (bicyclic) bond motifs is 1. The van der Waals surface area contributed by atoms with Crippen LogP contribution in [0.3, 0.4) is 0 Å². The third kappa shape index (κ3) is 4.79. The summed E-state index contributed by atoms with van der Waals surface area (Å²) in [5, 5.41) is 6.11. The summed E-state index contributed by atoms with van der Waals surface area (Å²) in [5.74, 6) is 0.0987. The number of ether oxygens (including phenoxy) is 2. The average Bonchev–Trinajstić information content (AvgIpc) is 3.38. The van der Waals surface area contributed by atoms with E-state index in [1.807, 2.05) is 30.5 Å². The summed E-state index contributed by atoms with van der Waals surface area (Å²) < 4.78 is 10.8. The van der Waals surface area contributed by atoms with Gasteiger partial charge in [0.1, 0.15) is 17.4 Å². The van der Waals surface area contributed by atoms with Crippen molar-refractivity contribution in [1.29, 1.82) is 0 Å². The van der Waals surface area contributed by atoms with E-state index >= 15 is 0 Å². The molecule has 8 heteroatoms. The molecular weight excluding hydrogens is 454 g/mol. The van der Waals surface area contributed by atoms with Crippen LogP contribution in [0.5, 0.6) is 5.75 Å². The maximum absolute atomic E-state index is 12.9. The van der Waals surface area contributed by atoms with E-state index < -0.39 is 5.97 Å². The lowest BCUT2D eigenvalue weighted by Gasteiger charge is -2.11. The molecule has 4 rings (SSSR count). The molecule has 162 valence electrons. The second-order valence-electron chi connectivity index (χ2n) is 7.38. The number of benzene rings is 1. The maximum atomic E-state index is 12.9. The number of halogens is 1. The molecule has 0 bridgehead atoms. The van der Waals surface area contributed by atoms with E-state index in [-0.39, 0.29) is 5.91 Å². The number of nitrogens with one attached hydrogen (secondary N) is 1. The van der Waals surface area contributed by atoms with Gasteiger partial charge in [0.25, 0.3) is 5.91 Å². The second-order valence-corrected chi connectivity index (χ2v) is 9.80. The molecule has 5 nitrogen and oxygen atoms in total. The van der Waals surface area contributed by atoms with Crippen molar-refractivity contribution in [2.24, 2.45) is 0 Å². The van der Waals surface area contributed by atoms with E-state index in [0.29, 0.717) is 27.1 Å². The highest BCUT2D eigenvalue weighted by Crippen LogP contribution is 2.39. The lowest BCUT2D eigenvalue weighted by molar-refractivity contribution is 0.0601. The number of aryl methyl sites for hydroxylation is 2. The zero-order valence-electron chi connectivity index (χ0n) is 17.2. The normalized spacial score (nSPS) is 12.9. The Morgan fingerprint density at radius 1 is 1.19 bits per heavy atom. The smallest absolute Gasteiger partial charge is 0.341 e. The monoisotopic (exact) mass is 475 g/mol. The van der Waals surface area contributed by atoms with Gasteiger partial charge in [-0.05, 0) is 73.4 Å². The van der Waals surface area contributed by atoms with E-state index in [1.165, 1.54) is 34.7 Å². The van der Waals surface area contributed by atoms with Crippen molar-refractivity contribution in [2.45, 2.75) is 39.2 Å². The van der Waals surface area contributed by atoms with Crippen LogP contribution in [0.1, 0.15) is 54.4 Å². The largest absolute Gasteiger partial charge is 0.489 e. The number of esters is 1. The Bertz CT molecular complexity index is 1130. The van der Waals surface area contributed by atoms with Crippen LogP contribution >= 0.6 is 34.3 Å². The minimum atomic E-state index is -0.395. The molecule has 1 N–H and O–H groups in total. The molecule has 0 atom stereocenters. The molecule has 1 aliphatic rings. The number of amides is 1. The zero-order valence-corrected chi connectivity index (χ0v) is 19.6. The first-order chi connectivity index (χ1) is 15.0. The minimum absolute atomic E-state index is 0.234. The SMILES string of the molecule is COC(=O)c1c(NC(=O)c2cc(COc3ccc(Cl)c(C)c3)cs2)sc2c1CCCC2. The van der Waals surface area contributed by atoms with E-state index in [9.17, 15) is 9.59 Å². The Kier molecular flexibility index (Phi) is 6.65. The van der Waals surface area contributed by atoms with Gasteiger partial charge in [0, 0.05) is 15.5 Å². The first-order valence-electron chi connectivity index (χ1n) is 9.97. The summed E-state index contributed by atoms with van der Waals surface area (Å²) >= 11 is 8.88.